The third-order valence-electron chi connectivity index (χ3n) is 4.89. The van der Waals surface area contributed by atoms with Gasteiger partial charge < -0.3 is 4.74 Å². The van der Waals surface area contributed by atoms with E-state index in [1.54, 1.807) is 48.5 Å². The Balaban J connectivity index is 1.50. The molecule has 2 amide bonds. The van der Waals surface area contributed by atoms with Gasteiger partial charge in [0.1, 0.15) is 5.75 Å². The van der Waals surface area contributed by atoms with Gasteiger partial charge in [-0.25, -0.2) is 4.79 Å². The Morgan fingerprint density at radius 1 is 0.889 bits per heavy atom. The Hall–Kier alpha value is -2.92. The van der Waals surface area contributed by atoms with Crippen LogP contribution >= 0.6 is 11.6 Å². The standard InChI is InChI=1S/C21H16ClNO4/c22-14-7-11-16(12-8-14)27-21(26)13-5-9-15(10-6-13)23-19(24)17-3-1-2-4-18(17)20(23)25/h1-2,5-12,17-18H,3-4H2/t17-,18-/m1/s1. The van der Waals surface area contributed by atoms with E-state index in [-0.39, 0.29) is 23.7 Å². The van der Waals surface area contributed by atoms with Crippen molar-refractivity contribution in [1.82, 2.24) is 0 Å². The van der Waals surface area contributed by atoms with Crippen molar-refractivity contribution in [3.05, 3.63) is 71.3 Å². The highest BCUT2D eigenvalue weighted by molar-refractivity contribution is 6.30. The molecule has 2 aliphatic rings. The van der Waals surface area contributed by atoms with Gasteiger partial charge in [-0.1, -0.05) is 23.8 Å². The molecular formula is C21H16ClNO4. The number of esters is 1. The molecule has 27 heavy (non-hydrogen) atoms. The average molecular weight is 382 g/mol. The molecule has 4 rings (SSSR count). The van der Waals surface area contributed by atoms with Crippen LogP contribution in [0.25, 0.3) is 0 Å². The van der Waals surface area contributed by atoms with Gasteiger partial charge in [0.25, 0.3) is 0 Å². The maximum absolute atomic E-state index is 12.6. The summed E-state index contributed by atoms with van der Waals surface area (Å²) < 4.78 is 5.29. The molecule has 1 aliphatic carbocycles. The van der Waals surface area contributed by atoms with Gasteiger partial charge in [0.15, 0.2) is 0 Å². The molecule has 1 aliphatic heterocycles. The van der Waals surface area contributed by atoms with Crippen molar-refractivity contribution >= 4 is 35.1 Å². The smallest absolute Gasteiger partial charge is 0.343 e. The molecule has 0 spiro atoms. The Morgan fingerprint density at radius 3 is 2.00 bits per heavy atom. The van der Waals surface area contributed by atoms with Crippen LogP contribution in [0.4, 0.5) is 5.69 Å². The Morgan fingerprint density at radius 2 is 1.44 bits per heavy atom. The number of hydrogen-bond donors (Lipinski definition) is 0. The van der Waals surface area contributed by atoms with Crippen molar-refractivity contribution in [3.63, 3.8) is 0 Å². The van der Waals surface area contributed by atoms with E-state index >= 15 is 0 Å². The zero-order chi connectivity index (χ0) is 19.0. The summed E-state index contributed by atoms with van der Waals surface area (Å²) in [6, 6.07) is 12.8. The van der Waals surface area contributed by atoms with Crippen LogP contribution in [0, 0.1) is 11.8 Å². The number of amides is 2. The zero-order valence-corrected chi connectivity index (χ0v) is 15.1. The van der Waals surface area contributed by atoms with Crippen LogP contribution in [-0.2, 0) is 9.59 Å². The summed E-state index contributed by atoms with van der Waals surface area (Å²) in [5.41, 5.74) is 0.800. The van der Waals surface area contributed by atoms with E-state index < -0.39 is 5.97 Å². The summed E-state index contributed by atoms with van der Waals surface area (Å²) in [4.78, 5) is 38.7. The summed E-state index contributed by atoms with van der Waals surface area (Å²) in [7, 11) is 0. The number of imide groups is 1. The number of halogens is 1. The number of ether oxygens (including phenoxy) is 1. The first-order valence-electron chi connectivity index (χ1n) is 8.65. The lowest BCUT2D eigenvalue weighted by Crippen LogP contribution is -2.30. The fourth-order valence-corrected chi connectivity index (χ4v) is 3.60. The van der Waals surface area contributed by atoms with Crippen LogP contribution < -0.4 is 9.64 Å². The quantitative estimate of drug-likeness (QED) is 0.349. The van der Waals surface area contributed by atoms with Crippen molar-refractivity contribution in [2.24, 2.45) is 11.8 Å². The molecule has 0 unspecified atom stereocenters. The lowest BCUT2D eigenvalue weighted by Gasteiger charge is -2.15. The lowest BCUT2D eigenvalue weighted by molar-refractivity contribution is -0.122. The second-order valence-electron chi connectivity index (χ2n) is 6.56. The second-order valence-corrected chi connectivity index (χ2v) is 6.99. The number of allylic oxidation sites excluding steroid dienone is 2. The van der Waals surface area contributed by atoms with E-state index in [0.29, 0.717) is 34.9 Å². The predicted molar refractivity (Wildman–Crippen MR) is 101 cm³/mol. The molecule has 2 aromatic carbocycles. The number of hydrogen-bond acceptors (Lipinski definition) is 4. The monoisotopic (exact) mass is 381 g/mol. The van der Waals surface area contributed by atoms with Crippen LogP contribution in [0.1, 0.15) is 23.2 Å². The first kappa shape index (κ1) is 17.5. The maximum atomic E-state index is 12.6. The third-order valence-corrected chi connectivity index (χ3v) is 5.14. The largest absolute Gasteiger partial charge is 0.423 e. The first-order valence-corrected chi connectivity index (χ1v) is 9.03. The molecule has 0 radical (unpaired) electrons. The minimum Gasteiger partial charge on any atom is -0.423 e. The molecule has 1 fully saturated rings. The number of carbonyl (C=O) groups is 3. The number of nitrogens with zero attached hydrogens (tertiary/aromatic N) is 1. The fraction of sp³-hybridized carbons (Fsp3) is 0.190. The molecule has 2 atom stereocenters. The lowest BCUT2D eigenvalue weighted by atomic mass is 9.85. The minimum atomic E-state index is -0.527. The topological polar surface area (TPSA) is 63.7 Å². The number of fused-ring (bicyclic) bond motifs is 1. The van der Waals surface area contributed by atoms with Crippen LogP contribution in [0.3, 0.4) is 0 Å². The van der Waals surface area contributed by atoms with Crippen molar-refractivity contribution in [3.8, 4) is 5.75 Å². The minimum absolute atomic E-state index is 0.175. The molecule has 0 saturated carbocycles. The Labute approximate surface area is 161 Å². The molecule has 5 nitrogen and oxygen atoms in total. The molecule has 136 valence electrons. The summed E-state index contributed by atoms with van der Waals surface area (Å²) >= 11 is 5.81. The van der Waals surface area contributed by atoms with Crippen LogP contribution in [0.15, 0.2) is 60.7 Å². The SMILES string of the molecule is O=C(Oc1ccc(Cl)cc1)c1ccc(N2C(=O)[C@@H]3CC=CC[C@H]3C2=O)cc1. The van der Waals surface area contributed by atoms with Gasteiger partial charge >= 0.3 is 5.97 Å². The maximum Gasteiger partial charge on any atom is 0.343 e. The van der Waals surface area contributed by atoms with E-state index in [1.807, 2.05) is 12.2 Å². The number of anilines is 1. The zero-order valence-electron chi connectivity index (χ0n) is 14.3. The number of benzene rings is 2. The predicted octanol–water partition coefficient (Wildman–Crippen LogP) is 4.01. The summed E-state index contributed by atoms with van der Waals surface area (Å²) in [5.74, 6) is -1.05. The van der Waals surface area contributed by atoms with Crippen LogP contribution in [-0.4, -0.2) is 17.8 Å². The highest BCUT2D eigenvalue weighted by atomic mass is 35.5. The third kappa shape index (κ3) is 3.26. The molecular weight excluding hydrogens is 366 g/mol. The van der Waals surface area contributed by atoms with E-state index in [1.165, 1.54) is 4.90 Å². The van der Waals surface area contributed by atoms with Gasteiger partial charge in [0, 0.05) is 5.02 Å². The summed E-state index contributed by atoms with van der Waals surface area (Å²) in [6.45, 7) is 0. The second kappa shape index (κ2) is 7.00. The van der Waals surface area contributed by atoms with Crippen molar-refractivity contribution < 1.29 is 19.1 Å². The number of carbonyl (C=O) groups excluding carboxylic acids is 3. The molecule has 0 N–H and O–H groups in total. The Kier molecular flexibility index (Phi) is 4.54. The van der Waals surface area contributed by atoms with Gasteiger partial charge in [0.05, 0.1) is 23.1 Å². The molecule has 0 aromatic heterocycles. The molecule has 2 aromatic rings. The molecule has 0 bridgehead atoms. The van der Waals surface area contributed by atoms with E-state index in [2.05, 4.69) is 0 Å². The van der Waals surface area contributed by atoms with Gasteiger partial charge in [-0.3, -0.25) is 14.5 Å². The van der Waals surface area contributed by atoms with E-state index in [0.717, 1.165) is 0 Å². The number of rotatable bonds is 3. The van der Waals surface area contributed by atoms with E-state index in [4.69, 9.17) is 16.3 Å². The van der Waals surface area contributed by atoms with Gasteiger partial charge in [-0.2, -0.15) is 0 Å². The fourth-order valence-electron chi connectivity index (χ4n) is 3.47. The van der Waals surface area contributed by atoms with Crippen molar-refractivity contribution in [2.75, 3.05) is 4.90 Å². The normalized spacial score (nSPS) is 21.3. The van der Waals surface area contributed by atoms with Crippen molar-refractivity contribution in [1.29, 1.82) is 0 Å². The van der Waals surface area contributed by atoms with Crippen molar-refractivity contribution in [2.45, 2.75) is 12.8 Å². The highest BCUT2D eigenvalue weighted by Crippen LogP contribution is 2.37. The summed E-state index contributed by atoms with van der Waals surface area (Å²) in [6.07, 6.45) is 5.09. The Bertz CT molecular complexity index is 908. The van der Waals surface area contributed by atoms with Gasteiger partial charge in [-0.05, 0) is 61.4 Å². The molecule has 1 heterocycles. The highest BCUT2D eigenvalue weighted by Gasteiger charge is 2.47. The molecule has 6 heteroatoms. The van der Waals surface area contributed by atoms with Gasteiger partial charge in [0.2, 0.25) is 11.8 Å². The molecule has 1 saturated heterocycles. The first-order chi connectivity index (χ1) is 13.0. The average Bonchev–Trinajstić information content (AvgIpc) is 2.95. The van der Waals surface area contributed by atoms with E-state index in [9.17, 15) is 14.4 Å². The van der Waals surface area contributed by atoms with Crippen LogP contribution in [0.5, 0.6) is 5.75 Å². The summed E-state index contributed by atoms with van der Waals surface area (Å²) in [5, 5.41) is 0.551. The van der Waals surface area contributed by atoms with Crippen LogP contribution in [0.2, 0.25) is 5.02 Å². The van der Waals surface area contributed by atoms with Gasteiger partial charge in [-0.15, -0.1) is 0 Å².